The Labute approximate surface area is 232 Å². The smallest absolute Gasteiger partial charge is 0.261 e. The summed E-state index contributed by atoms with van der Waals surface area (Å²) >= 11 is 5.96. The van der Waals surface area contributed by atoms with Gasteiger partial charge in [0.2, 0.25) is 0 Å². The molecule has 0 radical (unpaired) electrons. The zero-order valence-corrected chi connectivity index (χ0v) is 23.4. The summed E-state index contributed by atoms with van der Waals surface area (Å²) in [5, 5.41) is 8.15. The Morgan fingerprint density at radius 1 is 1.21 bits per heavy atom. The Balaban J connectivity index is 1.34. The molecule has 1 saturated heterocycles. The normalized spacial score (nSPS) is 15.0. The van der Waals surface area contributed by atoms with Crippen LogP contribution in [0, 0.1) is 6.92 Å². The monoisotopic (exact) mass is 553 g/mol. The minimum Gasteiger partial charge on any atom is -0.383 e. The van der Waals surface area contributed by atoms with Crippen molar-refractivity contribution in [2.24, 2.45) is 0 Å². The number of pyridine rings is 1. The van der Waals surface area contributed by atoms with Gasteiger partial charge in [-0.25, -0.2) is 4.98 Å². The molecule has 11 heteroatoms. The first-order valence-corrected chi connectivity index (χ1v) is 13.7. The molecule has 0 saturated carbocycles. The molecule has 208 valence electrons. The fraction of sp³-hybridized carbons (Fsp3) is 0.464. The molecule has 4 aromatic rings. The number of methoxy groups -OCH3 is 2. The molecule has 0 atom stereocenters. The molecular weight excluding hydrogens is 518 g/mol. The lowest BCUT2D eigenvalue weighted by molar-refractivity contribution is 0.0243. The summed E-state index contributed by atoms with van der Waals surface area (Å²) in [6.07, 6.45) is 7.16. The molecule has 39 heavy (non-hydrogen) atoms. The van der Waals surface area contributed by atoms with Crippen LogP contribution in [-0.2, 0) is 16.0 Å². The van der Waals surface area contributed by atoms with E-state index in [9.17, 15) is 4.79 Å². The van der Waals surface area contributed by atoms with Gasteiger partial charge in [-0.05, 0) is 62.0 Å². The minimum absolute atomic E-state index is 0.201. The van der Waals surface area contributed by atoms with Crippen LogP contribution in [0.3, 0.4) is 0 Å². The number of piperidine rings is 1. The van der Waals surface area contributed by atoms with E-state index in [0.29, 0.717) is 54.3 Å². The zero-order chi connectivity index (χ0) is 27.4. The summed E-state index contributed by atoms with van der Waals surface area (Å²) < 4.78 is 12.6. The second-order valence-corrected chi connectivity index (χ2v) is 10.6. The second-order valence-electron chi connectivity index (χ2n) is 10.1. The highest BCUT2D eigenvalue weighted by atomic mass is 35.5. The number of aryl methyl sites for hydroxylation is 1. The van der Waals surface area contributed by atoms with Crippen molar-refractivity contribution in [2.75, 3.05) is 52.4 Å². The minimum atomic E-state index is -0.201. The van der Waals surface area contributed by atoms with Gasteiger partial charge in [0.1, 0.15) is 11.4 Å². The number of nitrogens with zero attached hydrogens (tertiary/aromatic N) is 4. The number of fused-ring (bicyclic) bond motifs is 1. The number of H-pyrrole nitrogens is 2. The zero-order valence-electron chi connectivity index (χ0n) is 22.7. The Morgan fingerprint density at radius 2 is 1.97 bits per heavy atom. The molecule has 1 aliphatic rings. The summed E-state index contributed by atoms with van der Waals surface area (Å²) in [5.41, 5.74) is 5.23. The van der Waals surface area contributed by atoms with E-state index in [1.54, 1.807) is 37.5 Å². The molecule has 0 aliphatic carbocycles. The second kappa shape index (κ2) is 12.3. The standard InChI is InChI=1S/C28H36ClN7O3/c1-18-12-20(19-5-9-35(10-6-19)22(16-38-2)17-39-3)13-24-26(18)34-27(33-24)25-23(4-7-31-28(25)37)30-8-11-36-15-21(29)14-32-36/h4,7,12-15,19,22H,5-6,8-11,16-17H2,1-3H3,(H,33,34)(H2,30,31,37). The van der Waals surface area contributed by atoms with Crippen molar-refractivity contribution in [1.82, 2.24) is 29.6 Å². The van der Waals surface area contributed by atoms with Crippen molar-refractivity contribution < 1.29 is 9.47 Å². The highest BCUT2D eigenvalue weighted by molar-refractivity contribution is 6.30. The number of nitrogens with one attached hydrogen (secondary N) is 3. The van der Waals surface area contributed by atoms with Crippen LogP contribution in [0.2, 0.25) is 5.02 Å². The number of halogens is 1. The van der Waals surface area contributed by atoms with Crippen molar-refractivity contribution in [3.63, 3.8) is 0 Å². The topological polar surface area (TPSA) is 113 Å². The van der Waals surface area contributed by atoms with E-state index in [0.717, 1.165) is 42.5 Å². The summed E-state index contributed by atoms with van der Waals surface area (Å²) in [6.45, 7) is 6.63. The lowest BCUT2D eigenvalue weighted by Crippen LogP contribution is -2.45. The lowest BCUT2D eigenvalue weighted by atomic mass is 9.88. The Kier molecular flexibility index (Phi) is 8.66. The molecule has 10 nitrogen and oxygen atoms in total. The fourth-order valence-electron chi connectivity index (χ4n) is 5.54. The van der Waals surface area contributed by atoms with E-state index in [4.69, 9.17) is 26.1 Å². The fourth-order valence-corrected chi connectivity index (χ4v) is 5.70. The Bertz CT molecular complexity index is 1450. The summed E-state index contributed by atoms with van der Waals surface area (Å²) in [5.74, 6) is 1.02. The number of aromatic amines is 2. The summed E-state index contributed by atoms with van der Waals surface area (Å²) in [4.78, 5) is 26.5. The van der Waals surface area contributed by atoms with Gasteiger partial charge in [-0.2, -0.15) is 5.10 Å². The SMILES string of the molecule is COCC(COC)N1CCC(c2cc(C)c3nc(-c4c(NCCn5cc(Cl)cn5)cc[nH]c4=O)[nH]c3c2)CC1. The first-order valence-electron chi connectivity index (χ1n) is 13.3. The van der Waals surface area contributed by atoms with Crippen LogP contribution in [0.5, 0.6) is 0 Å². The molecule has 0 spiro atoms. The highest BCUT2D eigenvalue weighted by Crippen LogP contribution is 2.33. The van der Waals surface area contributed by atoms with E-state index in [1.807, 2.05) is 6.07 Å². The van der Waals surface area contributed by atoms with Gasteiger partial charge < -0.3 is 24.8 Å². The molecule has 4 heterocycles. The number of aromatic nitrogens is 5. The number of hydrogen-bond acceptors (Lipinski definition) is 7. The third-order valence-electron chi connectivity index (χ3n) is 7.49. The third-order valence-corrected chi connectivity index (χ3v) is 7.69. The maximum atomic E-state index is 12.9. The van der Waals surface area contributed by atoms with E-state index >= 15 is 0 Å². The first kappa shape index (κ1) is 27.4. The predicted molar refractivity (Wildman–Crippen MR) is 154 cm³/mol. The maximum Gasteiger partial charge on any atom is 0.261 e. The van der Waals surface area contributed by atoms with Gasteiger partial charge in [0.15, 0.2) is 0 Å². The van der Waals surface area contributed by atoms with Crippen LogP contribution < -0.4 is 10.9 Å². The average Bonchev–Trinajstić information content (AvgIpc) is 3.55. The van der Waals surface area contributed by atoms with Gasteiger partial charge in [-0.1, -0.05) is 17.7 Å². The lowest BCUT2D eigenvalue weighted by Gasteiger charge is -2.37. The molecule has 3 aromatic heterocycles. The van der Waals surface area contributed by atoms with Crippen LogP contribution >= 0.6 is 11.6 Å². The van der Waals surface area contributed by atoms with Gasteiger partial charge in [-0.15, -0.1) is 0 Å². The van der Waals surface area contributed by atoms with Crippen molar-refractivity contribution >= 4 is 28.3 Å². The molecule has 0 unspecified atom stereocenters. The van der Waals surface area contributed by atoms with Crippen LogP contribution in [0.1, 0.15) is 29.9 Å². The van der Waals surface area contributed by atoms with Crippen molar-refractivity contribution in [2.45, 2.75) is 38.3 Å². The summed E-state index contributed by atoms with van der Waals surface area (Å²) in [6, 6.07) is 6.59. The quantitative estimate of drug-likeness (QED) is 0.257. The number of benzene rings is 1. The van der Waals surface area contributed by atoms with Gasteiger partial charge in [-0.3, -0.25) is 14.4 Å². The molecule has 0 bridgehead atoms. The van der Waals surface area contributed by atoms with Crippen LogP contribution in [0.25, 0.3) is 22.4 Å². The molecule has 1 fully saturated rings. The van der Waals surface area contributed by atoms with Gasteiger partial charge in [0.05, 0.1) is 53.7 Å². The average molecular weight is 554 g/mol. The highest BCUT2D eigenvalue weighted by Gasteiger charge is 2.27. The molecule has 3 N–H and O–H groups in total. The molecule has 1 aromatic carbocycles. The first-order chi connectivity index (χ1) is 19.0. The number of imidazole rings is 1. The third kappa shape index (κ3) is 6.19. The molecular formula is C28H36ClN7O3. The predicted octanol–water partition coefficient (Wildman–Crippen LogP) is 4.03. The number of rotatable bonds is 11. The number of ether oxygens (including phenoxy) is 2. The van der Waals surface area contributed by atoms with Crippen molar-refractivity contribution in [1.29, 1.82) is 0 Å². The van der Waals surface area contributed by atoms with E-state index in [1.165, 1.54) is 5.56 Å². The van der Waals surface area contributed by atoms with Crippen molar-refractivity contribution in [3.05, 3.63) is 63.3 Å². The van der Waals surface area contributed by atoms with Crippen LogP contribution in [0.15, 0.2) is 41.6 Å². The Morgan fingerprint density at radius 3 is 2.67 bits per heavy atom. The largest absolute Gasteiger partial charge is 0.383 e. The van der Waals surface area contributed by atoms with Gasteiger partial charge in [0.25, 0.3) is 5.56 Å². The molecule has 0 amide bonds. The van der Waals surface area contributed by atoms with Crippen molar-refractivity contribution in [3.8, 4) is 11.4 Å². The summed E-state index contributed by atoms with van der Waals surface area (Å²) in [7, 11) is 3.48. The van der Waals surface area contributed by atoms with Crippen LogP contribution in [0.4, 0.5) is 5.69 Å². The van der Waals surface area contributed by atoms with Crippen LogP contribution in [-0.4, -0.2) is 82.7 Å². The Hall–Kier alpha value is -3.18. The van der Waals surface area contributed by atoms with E-state index < -0.39 is 0 Å². The number of hydrogen-bond donors (Lipinski definition) is 3. The maximum absolute atomic E-state index is 12.9. The molecule has 5 rings (SSSR count). The molecule has 1 aliphatic heterocycles. The van der Waals surface area contributed by atoms with E-state index in [2.05, 4.69) is 44.3 Å². The van der Waals surface area contributed by atoms with Gasteiger partial charge in [0, 0.05) is 33.2 Å². The van der Waals surface area contributed by atoms with E-state index in [-0.39, 0.29) is 11.6 Å². The number of likely N-dealkylation sites (tertiary alicyclic amines) is 1. The number of anilines is 1. The van der Waals surface area contributed by atoms with Gasteiger partial charge >= 0.3 is 0 Å².